The Labute approximate surface area is 493 Å². The Hall–Kier alpha value is -5.00. The van der Waals surface area contributed by atoms with Crippen LogP contribution < -0.4 is 0 Å². The van der Waals surface area contributed by atoms with E-state index in [9.17, 15) is 14.7 Å². The molecule has 1 N–H and O–H groups in total. The largest absolute Gasteiger partial charge is 0.462 e. The second kappa shape index (κ2) is 68.3. The van der Waals surface area contributed by atoms with Gasteiger partial charge in [-0.05, 0) is 135 Å². The SMILES string of the molecule is CC/C=C\C/C=C\C/C=C\C/C=C\C/C=C\C/C=C\C/C=C\C/C=C\C/C=C\CCCCCCCCCCCC(=O)OC(CO)COC(=O)CCCCCCCCCCCC/C=C\C/C=C\C/C=C\C/C=C\C/C=C\C/C=C\CC. The average molecular weight is 1100 g/mol. The van der Waals surface area contributed by atoms with Gasteiger partial charge in [-0.2, -0.15) is 0 Å². The van der Waals surface area contributed by atoms with E-state index in [-0.39, 0.29) is 25.2 Å². The van der Waals surface area contributed by atoms with Gasteiger partial charge in [0.1, 0.15) is 6.61 Å². The summed E-state index contributed by atoms with van der Waals surface area (Å²) in [4.78, 5) is 24.6. The monoisotopic (exact) mass is 1100 g/mol. The Morgan fingerprint density at radius 1 is 0.287 bits per heavy atom. The summed E-state index contributed by atoms with van der Waals surface area (Å²) in [6, 6.07) is 0. The molecule has 0 aromatic rings. The molecule has 0 rings (SSSR count). The smallest absolute Gasteiger partial charge is 0.306 e. The van der Waals surface area contributed by atoms with E-state index >= 15 is 0 Å². The molecule has 0 aromatic heterocycles. The second-order valence-corrected chi connectivity index (χ2v) is 20.7. The topological polar surface area (TPSA) is 72.8 Å². The van der Waals surface area contributed by atoms with Gasteiger partial charge in [0.15, 0.2) is 6.10 Å². The van der Waals surface area contributed by atoms with E-state index in [0.717, 1.165) is 141 Å². The van der Waals surface area contributed by atoms with Gasteiger partial charge >= 0.3 is 11.9 Å². The number of unbranched alkanes of at least 4 members (excludes halogenated alkanes) is 19. The van der Waals surface area contributed by atoms with Crippen LogP contribution in [0.1, 0.15) is 258 Å². The highest BCUT2D eigenvalue weighted by atomic mass is 16.6. The fraction of sp³-hybridized carbons (Fsp3) is 0.573. The summed E-state index contributed by atoms with van der Waals surface area (Å²) in [7, 11) is 0. The highest BCUT2D eigenvalue weighted by Gasteiger charge is 2.16. The molecule has 0 heterocycles. The van der Waals surface area contributed by atoms with Crippen LogP contribution in [-0.4, -0.2) is 36.4 Å². The molecule has 1 atom stereocenters. The lowest BCUT2D eigenvalue weighted by Gasteiger charge is -2.15. The Bertz CT molecular complexity index is 1820. The number of aliphatic hydroxyl groups excluding tert-OH is 1. The van der Waals surface area contributed by atoms with Crippen LogP contribution in [0.15, 0.2) is 182 Å². The molecule has 0 aliphatic heterocycles. The van der Waals surface area contributed by atoms with Crippen molar-refractivity contribution in [2.75, 3.05) is 13.2 Å². The predicted octanol–water partition coefficient (Wildman–Crippen LogP) is 22.6. The standard InChI is InChI=1S/C75H118O5/c1-3-5-7-9-11-13-15-17-19-21-23-25-27-29-31-33-34-35-36-37-38-39-40-42-44-46-48-50-52-54-56-58-60-62-64-66-68-70-75(78)80-73(71-76)72-79-74(77)69-67-65-63-61-59-57-55-53-51-49-47-45-43-41-32-30-28-26-24-22-20-18-16-14-12-10-8-6-4-2/h5-8,11-14,17-20,23-26,29-32,34-35,37-38,40,42-43,45-46,48,73,76H,3-4,9-10,15-16,21-22,27-28,33,36,39,41,44,47,49-72H2,1-2H3/b7-5-,8-6-,13-11-,14-12-,19-17-,20-18-,25-23-,26-24-,31-29-,32-30-,35-34-,38-37-,42-40-,45-43-,48-46-. The number of carbonyl (C=O) groups excluding carboxylic acids is 2. The molecule has 0 radical (unpaired) electrons. The first kappa shape index (κ1) is 75.0. The Morgan fingerprint density at radius 2 is 0.500 bits per heavy atom. The number of hydrogen-bond donors (Lipinski definition) is 1. The van der Waals surface area contributed by atoms with Crippen molar-refractivity contribution in [1.82, 2.24) is 0 Å². The van der Waals surface area contributed by atoms with Gasteiger partial charge in [0, 0.05) is 12.8 Å². The van der Waals surface area contributed by atoms with Gasteiger partial charge in [0.05, 0.1) is 6.61 Å². The van der Waals surface area contributed by atoms with E-state index in [1.165, 1.54) is 89.9 Å². The minimum atomic E-state index is -0.793. The highest BCUT2D eigenvalue weighted by Crippen LogP contribution is 2.15. The first-order valence-corrected chi connectivity index (χ1v) is 32.3. The quantitative estimate of drug-likeness (QED) is 0.0373. The normalized spacial score (nSPS) is 13.5. The zero-order chi connectivity index (χ0) is 57.6. The number of aliphatic hydroxyl groups is 1. The molecule has 0 bridgehead atoms. The maximum absolute atomic E-state index is 12.4. The Kier molecular flexibility index (Phi) is 64.0. The zero-order valence-electron chi connectivity index (χ0n) is 51.3. The molecule has 5 nitrogen and oxygen atoms in total. The van der Waals surface area contributed by atoms with Crippen molar-refractivity contribution in [2.24, 2.45) is 0 Å². The summed E-state index contributed by atoms with van der Waals surface area (Å²) < 4.78 is 10.7. The summed E-state index contributed by atoms with van der Waals surface area (Å²) in [6.45, 7) is 3.90. The zero-order valence-corrected chi connectivity index (χ0v) is 51.3. The molecule has 0 aliphatic carbocycles. The molecule has 0 amide bonds. The summed E-state index contributed by atoms with van der Waals surface area (Å²) in [5.74, 6) is -0.612. The minimum absolute atomic E-state index is 0.0815. The van der Waals surface area contributed by atoms with Gasteiger partial charge in [-0.1, -0.05) is 292 Å². The molecule has 0 saturated carbocycles. The Balaban J connectivity index is 3.60. The lowest BCUT2D eigenvalue weighted by Crippen LogP contribution is -2.28. The molecule has 0 spiro atoms. The van der Waals surface area contributed by atoms with E-state index in [2.05, 4.69) is 196 Å². The molecule has 0 aromatic carbocycles. The first-order chi connectivity index (χ1) is 39.6. The lowest BCUT2D eigenvalue weighted by atomic mass is 10.1. The number of ether oxygens (including phenoxy) is 2. The van der Waals surface area contributed by atoms with Gasteiger partial charge in [-0.15, -0.1) is 0 Å². The Morgan fingerprint density at radius 3 is 0.750 bits per heavy atom. The van der Waals surface area contributed by atoms with Crippen molar-refractivity contribution >= 4 is 11.9 Å². The van der Waals surface area contributed by atoms with Crippen LogP contribution in [0.4, 0.5) is 0 Å². The highest BCUT2D eigenvalue weighted by molar-refractivity contribution is 5.70. The van der Waals surface area contributed by atoms with Gasteiger partial charge in [-0.25, -0.2) is 0 Å². The van der Waals surface area contributed by atoms with E-state index in [1.54, 1.807) is 0 Å². The number of hydrogen-bond acceptors (Lipinski definition) is 5. The fourth-order valence-electron chi connectivity index (χ4n) is 8.43. The minimum Gasteiger partial charge on any atom is -0.462 e. The molecule has 5 heteroatoms. The van der Waals surface area contributed by atoms with Gasteiger partial charge < -0.3 is 14.6 Å². The van der Waals surface area contributed by atoms with Crippen molar-refractivity contribution in [3.8, 4) is 0 Å². The number of rotatable bonds is 57. The van der Waals surface area contributed by atoms with Crippen molar-refractivity contribution in [3.63, 3.8) is 0 Å². The third-order valence-electron chi connectivity index (χ3n) is 13.2. The molecule has 448 valence electrons. The number of esters is 2. The molecule has 1 unspecified atom stereocenters. The van der Waals surface area contributed by atoms with Gasteiger partial charge in [-0.3, -0.25) is 9.59 Å². The van der Waals surface area contributed by atoms with Gasteiger partial charge in [0.25, 0.3) is 0 Å². The van der Waals surface area contributed by atoms with E-state index in [4.69, 9.17) is 9.47 Å². The fourth-order valence-corrected chi connectivity index (χ4v) is 8.43. The maximum Gasteiger partial charge on any atom is 0.306 e. The third-order valence-corrected chi connectivity index (χ3v) is 13.2. The summed E-state index contributed by atoms with van der Waals surface area (Å²) in [5, 5.41) is 9.69. The predicted molar refractivity (Wildman–Crippen MR) is 352 cm³/mol. The van der Waals surface area contributed by atoms with Crippen LogP contribution in [0.3, 0.4) is 0 Å². The van der Waals surface area contributed by atoms with Crippen LogP contribution in [0.2, 0.25) is 0 Å². The van der Waals surface area contributed by atoms with E-state index in [1.807, 2.05) is 0 Å². The molecule has 0 aliphatic rings. The van der Waals surface area contributed by atoms with Crippen LogP contribution in [0.5, 0.6) is 0 Å². The van der Waals surface area contributed by atoms with Crippen LogP contribution >= 0.6 is 0 Å². The second-order valence-electron chi connectivity index (χ2n) is 20.7. The molecular formula is C75H118O5. The number of allylic oxidation sites excluding steroid dienone is 30. The van der Waals surface area contributed by atoms with E-state index < -0.39 is 6.10 Å². The maximum atomic E-state index is 12.4. The van der Waals surface area contributed by atoms with Crippen molar-refractivity contribution in [3.05, 3.63) is 182 Å². The first-order valence-electron chi connectivity index (χ1n) is 32.3. The summed E-state index contributed by atoms with van der Waals surface area (Å²) in [6.07, 6.45) is 107. The summed E-state index contributed by atoms with van der Waals surface area (Å²) in [5.41, 5.74) is 0. The van der Waals surface area contributed by atoms with E-state index in [0.29, 0.717) is 12.8 Å². The van der Waals surface area contributed by atoms with Crippen molar-refractivity contribution < 1.29 is 24.2 Å². The van der Waals surface area contributed by atoms with Crippen LogP contribution in [0, 0.1) is 0 Å². The summed E-state index contributed by atoms with van der Waals surface area (Å²) >= 11 is 0. The molecule has 0 saturated heterocycles. The van der Waals surface area contributed by atoms with Crippen LogP contribution in [-0.2, 0) is 19.1 Å². The van der Waals surface area contributed by atoms with Crippen LogP contribution in [0.25, 0.3) is 0 Å². The van der Waals surface area contributed by atoms with Crippen molar-refractivity contribution in [1.29, 1.82) is 0 Å². The molecule has 80 heavy (non-hydrogen) atoms. The molecule has 0 fully saturated rings. The number of carbonyl (C=O) groups is 2. The molecular weight excluding hydrogens is 981 g/mol. The average Bonchev–Trinajstić information content (AvgIpc) is 3.46. The van der Waals surface area contributed by atoms with Crippen molar-refractivity contribution in [2.45, 2.75) is 264 Å². The third kappa shape index (κ3) is 65.5. The van der Waals surface area contributed by atoms with Gasteiger partial charge in [0.2, 0.25) is 0 Å². The lowest BCUT2D eigenvalue weighted by molar-refractivity contribution is -0.161.